The monoisotopic (exact) mass is 957 g/mol. The number of aliphatic hydroxyl groups excluding tert-OH is 3. The Bertz CT molecular complexity index is 2840. The highest BCUT2D eigenvalue weighted by molar-refractivity contribution is 7.61. The third-order valence-electron chi connectivity index (χ3n) is 10.6. The lowest BCUT2D eigenvalue weighted by Gasteiger charge is -2.36. The van der Waals surface area contributed by atoms with Crippen molar-refractivity contribution < 1.29 is 90.7 Å². The van der Waals surface area contributed by atoms with Gasteiger partial charge in [0.05, 0.1) is 37.4 Å². The van der Waals surface area contributed by atoms with Crippen LogP contribution >= 0.6 is 15.6 Å². The van der Waals surface area contributed by atoms with Crippen LogP contribution in [0.25, 0.3) is 11.2 Å². The lowest BCUT2D eigenvalue weighted by Crippen LogP contribution is -2.58. The molecular formula is C36H38BN9O18P2. The van der Waals surface area contributed by atoms with Crippen LogP contribution in [0, 0.1) is 11.3 Å². The van der Waals surface area contributed by atoms with Crippen LogP contribution in [0.1, 0.15) is 39.5 Å². The molecule has 6 heterocycles. The highest BCUT2D eigenvalue weighted by atomic mass is 31.3. The van der Waals surface area contributed by atoms with Gasteiger partial charge in [0.25, 0.3) is 12.1 Å². The van der Waals surface area contributed by atoms with Gasteiger partial charge in [-0.3, -0.25) is 18.4 Å². The molecule has 0 aliphatic carbocycles. The molecule has 3 aliphatic heterocycles. The van der Waals surface area contributed by atoms with Crippen LogP contribution in [0.2, 0.25) is 0 Å². The van der Waals surface area contributed by atoms with Gasteiger partial charge in [0.1, 0.15) is 65.5 Å². The van der Waals surface area contributed by atoms with E-state index in [-0.39, 0.29) is 57.2 Å². The number of hydrogen-bond acceptors (Lipinski definition) is 22. The van der Waals surface area contributed by atoms with Crippen LogP contribution in [-0.4, -0.2) is 124 Å². The number of imidazole rings is 1. The number of aromatic nitrogens is 5. The van der Waals surface area contributed by atoms with Crippen LogP contribution in [0.15, 0.2) is 78.7 Å². The zero-order chi connectivity index (χ0) is 47.1. The first-order chi connectivity index (χ1) is 31.4. The maximum atomic E-state index is 13.0. The summed E-state index contributed by atoms with van der Waals surface area (Å²) in [6.07, 6.45) is -6.56. The van der Waals surface area contributed by atoms with E-state index in [1.54, 1.807) is 0 Å². The highest BCUT2D eigenvalue weighted by Crippen LogP contribution is 2.61. The Morgan fingerprint density at radius 1 is 1.03 bits per heavy atom. The summed E-state index contributed by atoms with van der Waals surface area (Å²) in [5.41, 5.74) is 12.7. The van der Waals surface area contributed by atoms with E-state index >= 15 is 0 Å². The molecule has 2 fully saturated rings. The van der Waals surface area contributed by atoms with E-state index in [0.717, 1.165) is 12.5 Å². The fraction of sp³-hybridized carbons (Fsp3) is 0.306. The fourth-order valence-corrected chi connectivity index (χ4v) is 9.54. The molecule has 2 unspecified atom stereocenters. The van der Waals surface area contributed by atoms with Crippen LogP contribution in [0.3, 0.4) is 0 Å². The molecule has 3 aromatic heterocycles. The molecule has 30 heteroatoms. The lowest BCUT2D eigenvalue weighted by atomic mass is 9.69. The number of nitrogens with zero attached hydrogens (tertiary/aromatic N) is 7. The quantitative estimate of drug-likeness (QED) is 0.0141. The third kappa shape index (κ3) is 9.54. The standard InChI is InChI=1S/C36H38BN9O18P2/c38-10-18-3-6-24(20(8-18)11-44-52)60-22-4-5-23-21(9-22)13-57-37(23,51)63-31-29(48)26(62-36(31)45-7-1-2-19(12-45)33(40)50)15-59-66(55,56)64-65(53,54)58-14-25-28(47)30(49)35(61-25)46-17-43-27-32(39)41-16-42-34(27)46/h1-9,11-12,16-17,25-26,28-31,35-36,47-49,51-52H,13-15H2,(H2,40,50)(H,53,54)(H,55,56)(H2,39,41,42)/b44-11+/t25-,26-,28-,29-,30-,31-,35-,36-,37-/m1/s1. The summed E-state index contributed by atoms with van der Waals surface area (Å²) < 4.78 is 72.0. The number of phosphoric acid groups is 2. The molecule has 66 heavy (non-hydrogen) atoms. The van der Waals surface area contributed by atoms with Gasteiger partial charge in [-0.2, -0.15) is 14.1 Å². The number of carbonyl (C=O) groups excluding carboxylic acids is 1. The van der Waals surface area contributed by atoms with E-state index in [9.17, 15) is 49.3 Å². The topological polar surface area (TPSA) is 402 Å². The zero-order valence-electron chi connectivity index (χ0n) is 33.6. The molecule has 2 aromatic carbocycles. The SMILES string of the molecule is N#Cc1ccc(Oc2ccc3c(c2)CO[B@@-]3(O)O[C@@H]2[C@H](O)[C@@H](COP(=O)(O)OP(=O)(O)OC[C@H]3O[C@@H](n4cnc5c(N)ncnc54)[C@H](O)[C@@H]3O)O[C@H]2[n+]2cccc(C(N)=O)c2)c(/C=N/O)c1. The van der Waals surface area contributed by atoms with Crippen LogP contribution in [0.5, 0.6) is 11.5 Å². The number of nitrogens with two attached hydrogens (primary N) is 2. The zero-order valence-corrected chi connectivity index (χ0v) is 35.4. The predicted molar refractivity (Wildman–Crippen MR) is 218 cm³/mol. The van der Waals surface area contributed by atoms with Gasteiger partial charge in [-0.25, -0.2) is 24.1 Å². The van der Waals surface area contributed by atoms with Gasteiger partial charge in [-0.15, -0.1) is 5.46 Å². The lowest BCUT2D eigenvalue weighted by molar-refractivity contribution is -0.765. The van der Waals surface area contributed by atoms with Gasteiger partial charge in [0.15, 0.2) is 30.1 Å². The number of ether oxygens (including phenoxy) is 3. The molecule has 11 atom stereocenters. The molecule has 2 saturated heterocycles. The number of anilines is 1. The number of fused-ring (bicyclic) bond motifs is 2. The van der Waals surface area contributed by atoms with Crippen LogP contribution < -0.4 is 26.2 Å². The van der Waals surface area contributed by atoms with Crippen molar-refractivity contribution >= 4 is 57.0 Å². The molecule has 11 N–H and O–H groups in total. The summed E-state index contributed by atoms with van der Waals surface area (Å²) in [7, 11) is -11.1. The summed E-state index contributed by atoms with van der Waals surface area (Å²) in [5.74, 6) is -0.335. The van der Waals surface area contributed by atoms with Crippen LogP contribution in [0.4, 0.5) is 5.82 Å². The number of pyridine rings is 1. The number of oxime groups is 1. The van der Waals surface area contributed by atoms with E-state index in [1.165, 1.54) is 76.4 Å². The number of rotatable bonds is 16. The molecule has 1 amide bonds. The first kappa shape index (κ1) is 46.7. The number of aliphatic hydroxyl groups is 3. The number of nitrogen functional groups attached to an aromatic ring is 1. The Morgan fingerprint density at radius 2 is 1.77 bits per heavy atom. The molecule has 3 aliphatic rings. The first-order valence-corrected chi connectivity index (χ1v) is 22.3. The second kappa shape index (κ2) is 18.5. The molecule has 0 radical (unpaired) electrons. The van der Waals surface area contributed by atoms with Crippen molar-refractivity contribution in [1.29, 1.82) is 5.26 Å². The number of phosphoric ester groups is 2. The number of amides is 1. The van der Waals surface area contributed by atoms with Crippen molar-refractivity contribution in [3.05, 3.63) is 95.8 Å². The highest BCUT2D eigenvalue weighted by Gasteiger charge is 2.54. The van der Waals surface area contributed by atoms with Gasteiger partial charge in [-0.1, -0.05) is 16.8 Å². The maximum Gasteiger partial charge on any atom is 0.481 e. The number of benzene rings is 2. The molecular weight excluding hydrogens is 919 g/mol. The third-order valence-corrected chi connectivity index (χ3v) is 13.2. The largest absolute Gasteiger partial charge is 0.555 e. The second-order valence-corrected chi connectivity index (χ2v) is 17.9. The minimum atomic E-state index is -5.57. The summed E-state index contributed by atoms with van der Waals surface area (Å²) in [6.45, 7) is -5.62. The number of carbonyl (C=O) groups is 1. The normalized spacial score (nSPS) is 28.0. The second-order valence-electron chi connectivity index (χ2n) is 14.9. The molecule has 8 rings (SSSR count). The molecule has 5 aromatic rings. The van der Waals surface area contributed by atoms with Crippen molar-refractivity contribution in [2.75, 3.05) is 18.9 Å². The van der Waals surface area contributed by atoms with Gasteiger partial charge >= 0.3 is 22.4 Å². The summed E-state index contributed by atoms with van der Waals surface area (Å²) in [5, 5.41) is 66.1. The van der Waals surface area contributed by atoms with Gasteiger partial charge < -0.3 is 70.3 Å². The van der Waals surface area contributed by atoms with Gasteiger partial charge in [0.2, 0.25) is 0 Å². The van der Waals surface area contributed by atoms with E-state index in [2.05, 4.69) is 24.4 Å². The molecule has 0 spiro atoms. The number of nitriles is 1. The van der Waals surface area contributed by atoms with E-state index in [1.807, 2.05) is 6.07 Å². The molecule has 27 nitrogen and oxygen atoms in total. The van der Waals surface area contributed by atoms with Crippen molar-refractivity contribution in [3.8, 4) is 17.6 Å². The van der Waals surface area contributed by atoms with Gasteiger partial charge in [0, 0.05) is 18.2 Å². The smallest absolute Gasteiger partial charge is 0.481 e. The van der Waals surface area contributed by atoms with Gasteiger partial charge in [-0.05, 0) is 36.4 Å². The molecule has 0 bridgehead atoms. The fourth-order valence-electron chi connectivity index (χ4n) is 7.45. The maximum absolute atomic E-state index is 13.0. The summed E-state index contributed by atoms with van der Waals surface area (Å²) >= 11 is 0. The summed E-state index contributed by atoms with van der Waals surface area (Å²) in [4.78, 5) is 44.9. The summed E-state index contributed by atoms with van der Waals surface area (Å²) in [6, 6.07) is 13.6. The number of primary amides is 1. The molecule has 0 saturated carbocycles. The first-order valence-electron chi connectivity index (χ1n) is 19.3. The molecule has 348 valence electrons. The number of hydrogen-bond donors (Lipinski definition) is 9. The van der Waals surface area contributed by atoms with E-state index in [4.69, 9.17) is 49.2 Å². The average Bonchev–Trinajstić information content (AvgIpc) is 4.02. The van der Waals surface area contributed by atoms with E-state index in [0.29, 0.717) is 5.56 Å². The minimum absolute atomic E-state index is 0.00795. The minimum Gasteiger partial charge on any atom is -0.555 e. The van der Waals surface area contributed by atoms with E-state index < -0.39 is 90.6 Å². The van der Waals surface area contributed by atoms with Crippen molar-refractivity contribution in [2.45, 2.75) is 55.7 Å². The Labute approximate surface area is 370 Å². The van der Waals surface area contributed by atoms with Crippen LogP contribution in [-0.2, 0) is 47.9 Å². The Hall–Kier alpha value is -5.83. The average molecular weight is 958 g/mol. The Balaban J connectivity index is 0.939. The van der Waals surface area contributed by atoms with Crippen molar-refractivity contribution in [3.63, 3.8) is 0 Å². The Morgan fingerprint density at radius 3 is 2.48 bits per heavy atom. The Kier molecular flexibility index (Phi) is 13.1. The predicted octanol–water partition coefficient (Wildman–Crippen LogP) is -1.15. The van der Waals surface area contributed by atoms with Crippen molar-refractivity contribution in [1.82, 2.24) is 19.5 Å². The van der Waals surface area contributed by atoms with Crippen molar-refractivity contribution in [2.24, 2.45) is 10.9 Å².